The molecule has 0 saturated carbocycles. The molecule has 1 fully saturated rings. The van der Waals surface area contributed by atoms with Gasteiger partial charge < -0.3 is 19.9 Å². The SMILES string of the molecule is CCOC(=O)c1cnc(Nc2ccc(N3CCCN(C)CC3)c(C)c2)nc1C(=O)c1ccn(C)n1. The molecule has 1 aliphatic heterocycles. The first-order chi connectivity index (χ1) is 16.9. The normalized spacial score (nSPS) is 14.5. The number of anilines is 3. The van der Waals surface area contributed by atoms with Gasteiger partial charge in [-0.2, -0.15) is 5.10 Å². The van der Waals surface area contributed by atoms with Crippen molar-refractivity contribution in [2.24, 2.45) is 7.05 Å². The van der Waals surface area contributed by atoms with Gasteiger partial charge >= 0.3 is 5.97 Å². The molecule has 0 radical (unpaired) electrons. The molecule has 1 aromatic carbocycles. The fraction of sp³-hybridized carbons (Fsp3) is 0.400. The quantitative estimate of drug-likeness (QED) is 0.406. The Hall–Kier alpha value is -3.79. The number of esters is 1. The van der Waals surface area contributed by atoms with Gasteiger partial charge in [0.25, 0.3) is 0 Å². The highest BCUT2D eigenvalue weighted by molar-refractivity contribution is 6.12. The van der Waals surface area contributed by atoms with Gasteiger partial charge in [0, 0.05) is 50.5 Å². The van der Waals surface area contributed by atoms with Gasteiger partial charge in [-0.25, -0.2) is 14.8 Å². The van der Waals surface area contributed by atoms with Crippen LogP contribution in [-0.4, -0.2) is 76.2 Å². The van der Waals surface area contributed by atoms with Crippen LogP contribution in [-0.2, 0) is 11.8 Å². The van der Waals surface area contributed by atoms with Crippen LogP contribution in [0.2, 0.25) is 0 Å². The molecule has 1 N–H and O–H groups in total. The fourth-order valence-electron chi connectivity index (χ4n) is 4.14. The third-order valence-corrected chi connectivity index (χ3v) is 5.96. The zero-order chi connectivity index (χ0) is 24.9. The number of carbonyl (C=O) groups excluding carboxylic acids is 2. The van der Waals surface area contributed by atoms with E-state index < -0.39 is 11.8 Å². The van der Waals surface area contributed by atoms with E-state index in [0.29, 0.717) is 0 Å². The van der Waals surface area contributed by atoms with E-state index in [2.05, 4.69) is 50.2 Å². The van der Waals surface area contributed by atoms with Crippen LogP contribution in [0.4, 0.5) is 17.3 Å². The zero-order valence-corrected chi connectivity index (χ0v) is 20.6. The van der Waals surface area contributed by atoms with Crippen LogP contribution in [0.5, 0.6) is 0 Å². The van der Waals surface area contributed by atoms with Crippen LogP contribution in [0.15, 0.2) is 36.7 Å². The average molecular weight is 478 g/mol. The summed E-state index contributed by atoms with van der Waals surface area (Å²) >= 11 is 0. The van der Waals surface area contributed by atoms with Crippen molar-refractivity contribution in [3.63, 3.8) is 0 Å². The van der Waals surface area contributed by atoms with Crippen LogP contribution in [0.25, 0.3) is 0 Å². The maximum atomic E-state index is 13.1. The first-order valence-corrected chi connectivity index (χ1v) is 11.8. The predicted octanol–water partition coefficient (Wildman–Crippen LogP) is 2.81. The topological polar surface area (TPSA) is 105 Å². The molecule has 35 heavy (non-hydrogen) atoms. The van der Waals surface area contributed by atoms with Gasteiger partial charge in [0.15, 0.2) is 0 Å². The second kappa shape index (κ2) is 10.6. The molecule has 0 spiro atoms. The molecule has 0 amide bonds. The van der Waals surface area contributed by atoms with E-state index in [1.807, 2.05) is 12.1 Å². The van der Waals surface area contributed by atoms with Crippen molar-refractivity contribution in [1.82, 2.24) is 24.6 Å². The molecule has 0 aliphatic carbocycles. The van der Waals surface area contributed by atoms with Gasteiger partial charge in [-0.15, -0.1) is 0 Å². The number of ether oxygens (including phenoxy) is 1. The number of nitrogens with zero attached hydrogens (tertiary/aromatic N) is 6. The Morgan fingerprint density at radius 2 is 1.94 bits per heavy atom. The minimum Gasteiger partial charge on any atom is -0.462 e. The number of benzene rings is 1. The largest absolute Gasteiger partial charge is 0.462 e. The highest BCUT2D eigenvalue weighted by atomic mass is 16.5. The Morgan fingerprint density at radius 3 is 2.66 bits per heavy atom. The lowest BCUT2D eigenvalue weighted by molar-refractivity contribution is 0.0522. The van der Waals surface area contributed by atoms with Crippen LogP contribution >= 0.6 is 0 Å². The zero-order valence-electron chi connectivity index (χ0n) is 20.6. The second-order valence-electron chi connectivity index (χ2n) is 8.65. The molecule has 3 aromatic rings. The molecule has 0 bridgehead atoms. The monoisotopic (exact) mass is 477 g/mol. The molecular formula is C25H31N7O3. The standard InChI is InChI=1S/C25H31N7O3/c1-5-35-24(34)19-16-26-25(28-22(19)23(33)20-9-12-31(4)29-20)27-18-7-8-21(17(2)15-18)32-11-6-10-30(3)13-14-32/h7-9,12,15-16H,5-6,10-11,13-14H2,1-4H3,(H,26,27,28). The molecule has 3 heterocycles. The number of ketones is 1. The van der Waals surface area contributed by atoms with Crippen molar-refractivity contribution in [1.29, 1.82) is 0 Å². The molecule has 1 aliphatic rings. The average Bonchev–Trinajstić information content (AvgIpc) is 3.16. The fourth-order valence-corrected chi connectivity index (χ4v) is 4.14. The van der Waals surface area contributed by atoms with Crippen molar-refractivity contribution in [2.75, 3.05) is 50.1 Å². The third kappa shape index (κ3) is 5.65. The lowest BCUT2D eigenvalue weighted by atomic mass is 10.1. The van der Waals surface area contributed by atoms with Crippen LogP contribution in [0.1, 0.15) is 45.4 Å². The van der Waals surface area contributed by atoms with Gasteiger partial charge in [0.2, 0.25) is 11.7 Å². The molecule has 10 nitrogen and oxygen atoms in total. The van der Waals surface area contributed by atoms with Crippen molar-refractivity contribution >= 4 is 29.1 Å². The number of aryl methyl sites for hydroxylation is 2. The summed E-state index contributed by atoms with van der Waals surface area (Å²) in [5.41, 5.74) is 3.26. The van der Waals surface area contributed by atoms with E-state index >= 15 is 0 Å². The van der Waals surface area contributed by atoms with Gasteiger partial charge in [0.1, 0.15) is 17.0 Å². The number of rotatable bonds is 7. The summed E-state index contributed by atoms with van der Waals surface area (Å²) in [4.78, 5) is 39.0. The molecule has 10 heteroatoms. The smallest absolute Gasteiger partial charge is 0.342 e. The Morgan fingerprint density at radius 1 is 1.11 bits per heavy atom. The van der Waals surface area contributed by atoms with Crippen molar-refractivity contribution < 1.29 is 14.3 Å². The number of likely N-dealkylation sites (N-methyl/N-ethyl adjacent to an activating group) is 1. The lowest BCUT2D eigenvalue weighted by Gasteiger charge is -2.25. The Bertz CT molecular complexity index is 1220. The number of aromatic nitrogens is 4. The highest BCUT2D eigenvalue weighted by Gasteiger charge is 2.24. The first kappa shape index (κ1) is 24.3. The van der Waals surface area contributed by atoms with Gasteiger partial charge in [-0.1, -0.05) is 0 Å². The molecular weight excluding hydrogens is 446 g/mol. The minimum absolute atomic E-state index is 0.00529. The maximum absolute atomic E-state index is 13.1. The lowest BCUT2D eigenvalue weighted by Crippen LogP contribution is -2.29. The third-order valence-electron chi connectivity index (χ3n) is 5.96. The number of hydrogen-bond acceptors (Lipinski definition) is 9. The molecule has 4 rings (SSSR count). The van der Waals surface area contributed by atoms with Gasteiger partial charge in [0.05, 0.1) is 6.61 Å². The summed E-state index contributed by atoms with van der Waals surface area (Å²) in [6.45, 7) is 8.10. The van der Waals surface area contributed by atoms with Crippen LogP contribution < -0.4 is 10.2 Å². The summed E-state index contributed by atoms with van der Waals surface area (Å²) in [7, 11) is 3.87. The highest BCUT2D eigenvalue weighted by Crippen LogP contribution is 2.26. The van der Waals surface area contributed by atoms with E-state index in [1.54, 1.807) is 26.2 Å². The molecule has 0 atom stereocenters. The Balaban J connectivity index is 1.59. The second-order valence-corrected chi connectivity index (χ2v) is 8.65. The maximum Gasteiger partial charge on any atom is 0.342 e. The van der Waals surface area contributed by atoms with E-state index in [1.165, 1.54) is 16.6 Å². The van der Waals surface area contributed by atoms with Crippen molar-refractivity contribution in [2.45, 2.75) is 20.3 Å². The summed E-state index contributed by atoms with van der Waals surface area (Å²) in [5, 5.41) is 7.32. The van der Waals surface area contributed by atoms with Crippen molar-refractivity contribution in [3.05, 3.63) is 59.2 Å². The van der Waals surface area contributed by atoms with Gasteiger partial charge in [-0.05, 0) is 63.7 Å². The van der Waals surface area contributed by atoms with Crippen molar-refractivity contribution in [3.8, 4) is 0 Å². The number of carbonyl (C=O) groups is 2. The Kier molecular flexibility index (Phi) is 7.40. The van der Waals surface area contributed by atoms with E-state index in [0.717, 1.165) is 43.9 Å². The predicted molar refractivity (Wildman–Crippen MR) is 133 cm³/mol. The summed E-state index contributed by atoms with van der Waals surface area (Å²) in [6.07, 6.45) is 4.10. The van der Waals surface area contributed by atoms with E-state index in [9.17, 15) is 9.59 Å². The number of nitrogens with one attached hydrogen (secondary N) is 1. The molecule has 0 unspecified atom stereocenters. The molecule has 184 valence electrons. The van der Waals surface area contributed by atoms with Crippen LogP contribution in [0, 0.1) is 6.92 Å². The first-order valence-electron chi connectivity index (χ1n) is 11.8. The van der Waals surface area contributed by atoms with E-state index in [4.69, 9.17) is 4.74 Å². The summed E-state index contributed by atoms with van der Waals surface area (Å²) in [6, 6.07) is 7.68. The minimum atomic E-state index is -0.651. The Labute approximate surface area is 204 Å². The van der Waals surface area contributed by atoms with E-state index in [-0.39, 0.29) is 29.5 Å². The van der Waals surface area contributed by atoms with Gasteiger partial charge in [-0.3, -0.25) is 9.48 Å². The molecule has 1 saturated heterocycles. The van der Waals surface area contributed by atoms with Crippen LogP contribution in [0.3, 0.4) is 0 Å². The number of hydrogen-bond donors (Lipinski definition) is 1. The summed E-state index contributed by atoms with van der Waals surface area (Å²) < 4.78 is 6.61. The molecule has 2 aromatic heterocycles. The summed E-state index contributed by atoms with van der Waals surface area (Å²) in [5.74, 6) is -0.917.